The van der Waals surface area contributed by atoms with Gasteiger partial charge in [-0.05, 0) is 13.8 Å². The lowest BCUT2D eigenvalue weighted by molar-refractivity contribution is 0.179. The Morgan fingerprint density at radius 3 is 2.89 bits per heavy atom. The lowest BCUT2D eigenvalue weighted by Crippen LogP contribution is -2.43. The van der Waals surface area contributed by atoms with E-state index in [1.165, 1.54) is 0 Å². The third-order valence-corrected chi connectivity index (χ3v) is 5.33. The average Bonchev–Trinajstić information content (AvgIpc) is 2.71. The molecule has 0 saturated carbocycles. The number of thioether (sulfide) groups is 1. The van der Waals surface area contributed by atoms with Crippen LogP contribution in [-0.4, -0.2) is 40.8 Å². The van der Waals surface area contributed by atoms with Crippen molar-refractivity contribution in [1.29, 1.82) is 0 Å². The fourth-order valence-electron chi connectivity index (χ4n) is 2.06. The molecular weight excluding hydrogens is 268 g/mol. The van der Waals surface area contributed by atoms with Crippen molar-refractivity contribution in [1.82, 2.24) is 4.98 Å². The molecule has 0 radical (unpaired) electrons. The molecule has 1 aromatic heterocycles. The van der Waals surface area contributed by atoms with E-state index in [1.54, 1.807) is 18.4 Å². The number of nitrogens with zero attached hydrogens (tertiary/aromatic N) is 2. The zero-order valence-electron chi connectivity index (χ0n) is 11.1. The summed E-state index contributed by atoms with van der Waals surface area (Å²) in [6, 6.07) is 0. The first-order valence-corrected chi connectivity index (χ1v) is 7.83. The normalized spacial score (nSPS) is 19.2. The lowest BCUT2D eigenvalue weighted by Gasteiger charge is -2.37. The fraction of sp³-hybridized carbons (Fsp3) is 0.750. The van der Waals surface area contributed by atoms with E-state index in [9.17, 15) is 5.11 Å². The Hall–Kier alpha value is -0.300. The summed E-state index contributed by atoms with van der Waals surface area (Å²) in [4.78, 5) is 7.85. The van der Waals surface area contributed by atoms with E-state index in [4.69, 9.17) is 4.74 Å². The molecule has 0 amide bonds. The fourth-order valence-corrected chi connectivity index (χ4v) is 4.12. The second-order valence-electron chi connectivity index (χ2n) is 4.99. The van der Waals surface area contributed by atoms with Crippen LogP contribution in [0.15, 0.2) is 0 Å². The van der Waals surface area contributed by atoms with Crippen LogP contribution in [-0.2, 0) is 18.0 Å². The molecule has 1 fully saturated rings. The molecule has 4 nitrogen and oxygen atoms in total. The SMILES string of the molecule is COCc1nc(N2CCSC(C)(C)C2)sc1CO. The van der Waals surface area contributed by atoms with Gasteiger partial charge in [0, 0.05) is 30.7 Å². The second kappa shape index (κ2) is 5.77. The number of anilines is 1. The summed E-state index contributed by atoms with van der Waals surface area (Å²) in [5.74, 6) is 1.13. The molecule has 1 aliphatic rings. The molecule has 0 aliphatic carbocycles. The number of rotatable bonds is 4. The van der Waals surface area contributed by atoms with Gasteiger partial charge < -0.3 is 14.7 Å². The van der Waals surface area contributed by atoms with E-state index in [1.807, 2.05) is 11.8 Å². The number of thiazole rings is 1. The average molecular weight is 288 g/mol. The number of aliphatic hydroxyl groups is 1. The molecule has 0 bridgehead atoms. The first-order valence-electron chi connectivity index (χ1n) is 6.03. The zero-order chi connectivity index (χ0) is 13.2. The minimum atomic E-state index is 0.0440. The van der Waals surface area contributed by atoms with Gasteiger partial charge >= 0.3 is 0 Å². The summed E-state index contributed by atoms with van der Waals surface area (Å²) < 4.78 is 5.39. The molecule has 18 heavy (non-hydrogen) atoms. The van der Waals surface area contributed by atoms with Gasteiger partial charge in [-0.25, -0.2) is 4.98 Å². The smallest absolute Gasteiger partial charge is 0.186 e. The molecule has 102 valence electrons. The van der Waals surface area contributed by atoms with Crippen molar-refractivity contribution in [2.24, 2.45) is 0 Å². The van der Waals surface area contributed by atoms with E-state index >= 15 is 0 Å². The highest BCUT2D eigenvalue weighted by Crippen LogP contribution is 2.35. The largest absolute Gasteiger partial charge is 0.391 e. The number of ether oxygens (including phenoxy) is 1. The molecule has 1 N–H and O–H groups in total. The number of hydrogen-bond acceptors (Lipinski definition) is 6. The summed E-state index contributed by atoms with van der Waals surface area (Å²) in [7, 11) is 1.65. The van der Waals surface area contributed by atoms with E-state index in [-0.39, 0.29) is 11.4 Å². The van der Waals surface area contributed by atoms with Gasteiger partial charge in [0.2, 0.25) is 0 Å². The molecule has 1 aliphatic heterocycles. The van der Waals surface area contributed by atoms with Crippen molar-refractivity contribution < 1.29 is 9.84 Å². The maximum atomic E-state index is 9.35. The lowest BCUT2D eigenvalue weighted by atomic mass is 10.2. The Labute approximate surface area is 116 Å². The molecule has 0 aromatic carbocycles. The maximum Gasteiger partial charge on any atom is 0.186 e. The van der Waals surface area contributed by atoms with Crippen molar-refractivity contribution in [3.8, 4) is 0 Å². The van der Waals surface area contributed by atoms with Crippen LogP contribution in [0, 0.1) is 0 Å². The molecule has 0 spiro atoms. The quantitative estimate of drug-likeness (QED) is 0.919. The van der Waals surface area contributed by atoms with Crippen molar-refractivity contribution >= 4 is 28.2 Å². The van der Waals surface area contributed by atoms with E-state index in [2.05, 4.69) is 23.7 Å². The summed E-state index contributed by atoms with van der Waals surface area (Å²) in [6.45, 7) is 7.07. The number of aromatic nitrogens is 1. The topological polar surface area (TPSA) is 45.6 Å². The van der Waals surface area contributed by atoms with E-state index < -0.39 is 0 Å². The van der Waals surface area contributed by atoms with Gasteiger partial charge in [0.05, 0.1) is 23.8 Å². The van der Waals surface area contributed by atoms with Crippen LogP contribution in [0.1, 0.15) is 24.4 Å². The molecule has 2 heterocycles. The highest BCUT2D eigenvalue weighted by Gasteiger charge is 2.29. The van der Waals surface area contributed by atoms with Crippen LogP contribution in [0.4, 0.5) is 5.13 Å². The number of methoxy groups -OCH3 is 1. The Kier molecular flexibility index (Phi) is 4.53. The standard InChI is InChI=1S/C12H20N2O2S2/c1-12(2)8-14(4-5-17-12)11-13-9(7-16-3)10(6-15)18-11/h15H,4-8H2,1-3H3. The predicted molar refractivity (Wildman–Crippen MR) is 77.5 cm³/mol. The summed E-state index contributed by atoms with van der Waals surface area (Å²) in [6.07, 6.45) is 0. The van der Waals surface area contributed by atoms with Gasteiger partial charge in [-0.2, -0.15) is 11.8 Å². The van der Waals surface area contributed by atoms with Gasteiger partial charge in [-0.15, -0.1) is 0 Å². The minimum absolute atomic E-state index is 0.0440. The van der Waals surface area contributed by atoms with Gasteiger partial charge in [-0.3, -0.25) is 0 Å². The molecule has 0 atom stereocenters. The third-order valence-electron chi connectivity index (χ3n) is 2.89. The Bertz CT molecular complexity index is 407. The predicted octanol–water partition coefficient (Wildman–Crippen LogP) is 2.11. The van der Waals surface area contributed by atoms with Crippen molar-refractivity contribution in [2.45, 2.75) is 31.8 Å². The number of hydrogen-bond donors (Lipinski definition) is 1. The molecular formula is C12H20N2O2S2. The second-order valence-corrected chi connectivity index (χ2v) is 7.85. The minimum Gasteiger partial charge on any atom is -0.391 e. The van der Waals surface area contributed by atoms with Crippen LogP contribution in [0.5, 0.6) is 0 Å². The first kappa shape index (κ1) is 14.1. The Morgan fingerprint density at radius 2 is 2.28 bits per heavy atom. The third kappa shape index (κ3) is 3.17. The van der Waals surface area contributed by atoms with Gasteiger partial charge in [0.15, 0.2) is 5.13 Å². The first-order chi connectivity index (χ1) is 8.55. The molecule has 6 heteroatoms. The zero-order valence-corrected chi connectivity index (χ0v) is 12.7. The summed E-state index contributed by atoms with van der Waals surface area (Å²) in [5.41, 5.74) is 0.871. The summed E-state index contributed by atoms with van der Waals surface area (Å²) in [5, 5.41) is 10.4. The van der Waals surface area contributed by atoms with Crippen LogP contribution < -0.4 is 4.90 Å². The van der Waals surface area contributed by atoms with Crippen molar-refractivity contribution in [3.63, 3.8) is 0 Å². The highest BCUT2D eigenvalue weighted by molar-refractivity contribution is 8.00. The van der Waals surface area contributed by atoms with Crippen molar-refractivity contribution in [3.05, 3.63) is 10.6 Å². The molecule has 1 saturated heterocycles. The highest BCUT2D eigenvalue weighted by atomic mass is 32.2. The van der Waals surface area contributed by atoms with E-state index in [0.717, 1.165) is 34.5 Å². The Morgan fingerprint density at radius 1 is 1.50 bits per heavy atom. The van der Waals surface area contributed by atoms with Gasteiger partial charge in [0.1, 0.15) is 0 Å². The van der Waals surface area contributed by atoms with Crippen molar-refractivity contribution in [2.75, 3.05) is 30.9 Å². The van der Waals surface area contributed by atoms with E-state index in [0.29, 0.717) is 6.61 Å². The van der Waals surface area contributed by atoms with Crippen LogP contribution in [0.25, 0.3) is 0 Å². The number of aliphatic hydroxyl groups excluding tert-OH is 1. The molecule has 0 unspecified atom stereocenters. The molecule has 2 rings (SSSR count). The van der Waals surface area contributed by atoms with Crippen LogP contribution in [0.3, 0.4) is 0 Å². The Balaban J connectivity index is 2.17. The van der Waals surface area contributed by atoms with Crippen LogP contribution in [0.2, 0.25) is 0 Å². The van der Waals surface area contributed by atoms with Gasteiger partial charge in [0.25, 0.3) is 0 Å². The maximum absolute atomic E-state index is 9.35. The molecule has 1 aromatic rings. The van der Waals surface area contributed by atoms with Gasteiger partial charge in [-0.1, -0.05) is 11.3 Å². The summed E-state index contributed by atoms with van der Waals surface area (Å²) >= 11 is 3.59. The monoisotopic (exact) mass is 288 g/mol. The van der Waals surface area contributed by atoms with Crippen LogP contribution >= 0.6 is 23.1 Å².